The molecule has 0 saturated carbocycles. The summed E-state index contributed by atoms with van der Waals surface area (Å²) in [5, 5.41) is 0. The number of hydrogen-bond acceptors (Lipinski definition) is 4. The second-order valence-electron chi connectivity index (χ2n) is 5.28. The first-order valence-corrected chi connectivity index (χ1v) is 7.72. The smallest absolute Gasteiger partial charge is 0.164 e. The van der Waals surface area contributed by atoms with E-state index in [1.165, 1.54) is 38.9 Å². The van der Waals surface area contributed by atoms with Gasteiger partial charge in [-0.05, 0) is 63.9 Å². The van der Waals surface area contributed by atoms with E-state index in [1.54, 1.807) is 14.2 Å². The molecule has 0 N–H and O–H groups in total. The normalized spacial score (nSPS) is 15.7. The van der Waals surface area contributed by atoms with Gasteiger partial charge < -0.3 is 19.1 Å². The van der Waals surface area contributed by atoms with Crippen molar-refractivity contribution in [1.82, 2.24) is 4.90 Å². The number of unbranched alkanes of at least 4 members (excludes halogenated alkanes) is 1. The zero-order chi connectivity index (χ0) is 14.9. The van der Waals surface area contributed by atoms with E-state index in [-0.39, 0.29) is 0 Å². The lowest BCUT2D eigenvalue weighted by molar-refractivity contribution is 0.235. The first-order valence-electron chi connectivity index (χ1n) is 7.72. The molecule has 0 unspecified atom stereocenters. The van der Waals surface area contributed by atoms with Gasteiger partial charge in [0.15, 0.2) is 11.5 Å². The molecule has 0 amide bonds. The molecule has 1 aromatic carbocycles. The lowest BCUT2D eigenvalue weighted by Crippen LogP contribution is -2.30. The van der Waals surface area contributed by atoms with Gasteiger partial charge >= 0.3 is 0 Å². The van der Waals surface area contributed by atoms with E-state index in [0.29, 0.717) is 5.75 Å². The van der Waals surface area contributed by atoms with Gasteiger partial charge in [0.1, 0.15) is 5.75 Å². The van der Waals surface area contributed by atoms with Crippen LogP contribution in [0.25, 0.3) is 0 Å². The molecule has 0 spiro atoms. The van der Waals surface area contributed by atoms with Crippen molar-refractivity contribution in [2.75, 3.05) is 40.5 Å². The zero-order valence-electron chi connectivity index (χ0n) is 13.1. The summed E-state index contributed by atoms with van der Waals surface area (Å²) < 4.78 is 16.3. The van der Waals surface area contributed by atoms with Gasteiger partial charge in [0.2, 0.25) is 0 Å². The minimum absolute atomic E-state index is 0.708. The topological polar surface area (TPSA) is 30.9 Å². The molecule has 2 rings (SSSR count). The Balaban J connectivity index is 1.66. The second kappa shape index (κ2) is 8.78. The fourth-order valence-corrected chi connectivity index (χ4v) is 2.56. The fourth-order valence-electron chi connectivity index (χ4n) is 2.56. The van der Waals surface area contributed by atoms with Crippen LogP contribution in [-0.2, 0) is 0 Å². The van der Waals surface area contributed by atoms with Gasteiger partial charge in [-0.1, -0.05) is 0 Å². The van der Waals surface area contributed by atoms with E-state index >= 15 is 0 Å². The van der Waals surface area contributed by atoms with E-state index in [0.717, 1.165) is 24.5 Å². The highest BCUT2D eigenvalue weighted by atomic mass is 16.5. The number of rotatable bonds is 8. The largest absolute Gasteiger partial charge is 0.493 e. The Labute approximate surface area is 128 Å². The summed E-state index contributed by atoms with van der Waals surface area (Å²) in [5.74, 6) is 2.27. The number of nitrogens with zero attached hydrogens (tertiary/aromatic N) is 1. The third-order valence-corrected chi connectivity index (χ3v) is 3.79. The van der Waals surface area contributed by atoms with Crippen molar-refractivity contribution in [2.24, 2.45) is 0 Å². The van der Waals surface area contributed by atoms with Gasteiger partial charge in [-0.25, -0.2) is 0 Å². The highest BCUT2D eigenvalue weighted by Gasteiger charge is 2.09. The van der Waals surface area contributed by atoms with Gasteiger partial charge in [0.05, 0.1) is 20.8 Å². The molecular weight excluding hydrogens is 266 g/mol. The first kappa shape index (κ1) is 16.0. The summed E-state index contributed by atoms with van der Waals surface area (Å²) in [4.78, 5) is 2.54. The van der Waals surface area contributed by atoms with Crippen LogP contribution >= 0.6 is 0 Å². The Kier molecular flexibility index (Phi) is 6.67. The molecule has 1 fully saturated rings. The van der Waals surface area contributed by atoms with Crippen molar-refractivity contribution in [3.63, 3.8) is 0 Å². The lowest BCUT2D eigenvalue weighted by atomic mass is 10.1. The molecule has 1 heterocycles. The number of benzene rings is 1. The molecule has 1 aromatic rings. The number of piperidine rings is 1. The molecular formula is C17H26NO3. The Hall–Kier alpha value is -1.42. The summed E-state index contributed by atoms with van der Waals surface area (Å²) in [7, 11) is 3.27. The average molecular weight is 292 g/mol. The molecule has 1 saturated heterocycles. The number of methoxy groups -OCH3 is 2. The van der Waals surface area contributed by atoms with Gasteiger partial charge in [-0.3, -0.25) is 0 Å². The fraction of sp³-hybridized carbons (Fsp3) is 0.588. The molecule has 0 aromatic heterocycles. The maximum absolute atomic E-state index is 5.78. The first-order chi connectivity index (χ1) is 10.3. The lowest BCUT2D eigenvalue weighted by Gasteiger charge is -2.26. The van der Waals surface area contributed by atoms with E-state index in [9.17, 15) is 0 Å². The molecule has 1 radical (unpaired) electrons. The predicted molar refractivity (Wildman–Crippen MR) is 84.2 cm³/mol. The van der Waals surface area contributed by atoms with E-state index < -0.39 is 0 Å². The highest BCUT2D eigenvalue weighted by molar-refractivity contribution is 5.45. The van der Waals surface area contributed by atoms with Crippen LogP contribution in [0.5, 0.6) is 17.2 Å². The summed E-state index contributed by atoms with van der Waals surface area (Å²) in [6.07, 6.45) is 7.13. The van der Waals surface area contributed by atoms with Crippen LogP contribution < -0.4 is 14.2 Å². The standard InChI is InChI=1S/C17H26NO3/c1-19-16-9-8-15(14-17(16)20-2)21-13-7-6-12-18-10-4-3-5-11-18/h3,8-9,14H,4-7,10-13H2,1-2H3. The minimum Gasteiger partial charge on any atom is -0.493 e. The quantitative estimate of drug-likeness (QED) is 0.689. The SMILES string of the molecule is COc1ccc(OCCCCN2CC[CH]CC2)cc1OC. The van der Waals surface area contributed by atoms with Crippen molar-refractivity contribution in [3.8, 4) is 17.2 Å². The van der Waals surface area contributed by atoms with E-state index in [4.69, 9.17) is 14.2 Å². The molecule has 21 heavy (non-hydrogen) atoms. The van der Waals surface area contributed by atoms with Gasteiger partial charge in [-0.15, -0.1) is 0 Å². The molecule has 0 bridgehead atoms. The molecule has 1 aliphatic heterocycles. The van der Waals surface area contributed by atoms with Crippen LogP contribution in [0.4, 0.5) is 0 Å². The van der Waals surface area contributed by atoms with Gasteiger partial charge in [0, 0.05) is 6.07 Å². The average Bonchev–Trinajstić information content (AvgIpc) is 2.55. The van der Waals surface area contributed by atoms with Crippen LogP contribution in [-0.4, -0.2) is 45.4 Å². The highest BCUT2D eigenvalue weighted by Crippen LogP contribution is 2.30. The van der Waals surface area contributed by atoms with Crippen LogP contribution in [0.3, 0.4) is 0 Å². The van der Waals surface area contributed by atoms with Crippen molar-refractivity contribution in [3.05, 3.63) is 24.6 Å². The summed E-state index contributed by atoms with van der Waals surface area (Å²) in [5.41, 5.74) is 0. The summed E-state index contributed by atoms with van der Waals surface area (Å²) in [6, 6.07) is 5.67. The second-order valence-corrected chi connectivity index (χ2v) is 5.28. The molecule has 4 nitrogen and oxygen atoms in total. The maximum Gasteiger partial charge on any atom is 0.164 e. The zero-order valence-corrected chi connectivity index (χ0v) is 13.1. The van der Waals surface area contributed by atoms with E-state index in [2.05, 4.69) is 11.3 Å². The monoisotopic (exact) mass is 292 g/mol. The Morgan fingerprint density at radius 3 is 2.48 bits per heavy atom. The third-order valence-electron chi connectivity index (χ3n) is 3.79. The molecule has 0 atom stereocenters. The number of likely N-dealkylation sites (tertiary alicyclic amines) is 1. The van der Waals surface area contributed by atoms with Crippen LogP contribution in [0.2, 0.25) is 0 Å². The number of hydrogen-bond donors (Lipinski definition) is 0. The van der Waals surface area contributed by atoms with Crippen molar-refractivity contribution < 1.29 is 14.2 Å². The van der Waals surface area contributed by atoms with Gasteiger partial charge in [0.25, 0.3) is 0 Å². The minimum atomic E-state index is 0.708. The Bertz CT molecular complexity index is 416. The van der Waals surface area contributed by atoms with Crippen molar-refractivity contribution >= 4 is 0 Å². The molecule has 117 valence electrons. The molecule has 1 aliphatic rings. The van der Waals surface area contributed by atoms with Crippen LogP contribution in [0, 0.1) is 6.42 Å². The Morgan fingerprint density at radius 1 is 1.00 bits per heavy atom. The van der Waals surface area contributed by atoms with E-state index in [1.807, 2.05) is 18.2 Å². The van der Waals surface area contributed by atoms with Gasteiger partial charge in [-0.2, -0.15) is 0 Å². The Morgan fingerprint density at radius 2 is 1.76 bits per heavy atom. The predicted octanol–water partition coefficient (Wildman–Crippen LogP) is 3.16. The maximum atomic E-state index is 5.78. The molecule has 0 aliphatic carbocycles. The molecule has 4 heteroatoms. The number of ether oxygens (including phenoxy) is 3. The summed E-state index contributed by atoms with van der Waals surface area (Å²) >= 11 is 0. The van der Waals surface area contributed by atoms with Crippen LogP contribution in [0.1, 0.15) is 25.7 Å². The van der Waals surface area contributed by atoms with Crippen LogP contribution in [0.15, 0.2) is 18.2 Å². The van der Waals surface area contributed by atoms with Crippen molar-refractivity contribution in [2.45, 2.75) is 25.7 Å². The van der Waals surface area contributed by atoms with Crippen molar-refractivity contribution in [1.29, 1.82) is 0 Å². The third kappa shape index (κ3) is 5.12. The summed E-state index contributed by atoms with van der Waals surface area (Å²) in [6.45, 7) is 4.37.